The summed E-state index contributed by atoms with van der Waals surface area (Å²) in [6.45, 7) is 7.90. The number of nitrogens with zero attached hydrogens (tertiary/aromatic N) is 3. The standard InChI is InChI=1S/C26H38F3N3O4S/c1-4-36-25(33)32-21-7-8-22(32)16-23(15-21)30-13-11-20(12-14-30)31(17-18(2)3)37(34,35)24-9-5-19(6-10-24)26(27,28)29/h5-6,9-10,18,20-23H,4,7-8,11-17H2,1-3H3. The lowest BCUT2D eigenvalue weighted by Gasteiger charge is -2.46. The van der Waals surface area contributed by atoms with Gasteiger partial charge in [0.2, 0.25) is 10.0 Å². The third-order valence-corrected chi connectivity index (χ3v) is 9.88. The SMILES string of the molecule is CCOC(=O)N1C2CCC1CC(N1CCC(N(CC(C)C)S(=O)(=O)c3ccc(C(F)(F)F)cc3)CC1)C2. The van der Waals surface area contributed by atoms with Crippen LogP contribution in [0.3, 0.4) is 0 Å². The van der Waals surface area contributed by atoms with E-state index in [1.54, 1.807) is 0 Å². The predicted octanol–water partition coefficient (Wildman–Crippen LogP) is 4.97. The Bertz CT molecular complexity index is 1030. The number of benzene rings is 1. The molecule has 3 aliphatic heterocycles. The first-order valence-corrected chi connectivity index (χ1v) is 14.7. The first kappa shape index (κ1) is 28.2. The quantitative estimate of drug-likeness (QED) is 0.484. The molecule has 0 saturated carbocycles. The maximum absolute atomic E-state index is 13.5. The van der Waals surface area contributed by atoms with Crippen LogP contribution in [0.5, 0.6) is 0 Å². The molecule has 0 aliphatic carbocycles. The molecule has 2 unspecified atom stereocenters. The van der Waals surface area contributed by atoms with Gasteiger partial charge in [-0.2, -0.15) is 17.5 Å². The van der Waals surface area contributed by atoms with Gasteiger partial charge in [0.25, 0.3) is 0 Å². The smallest absolute Gasteiger partial charge is 0.416 e. The molecule has 11 heteroatoms. The summed E-state index contributed by atoms with van der Waals surface area (Å²) in [5.74, 6) is 0.0741. The van der Waals surface area contributed by atoms with E-state index < -0.39 is 21.8 Å². The van der Waals surface area contributed by atoms with Gasteiger partial charge in [-0.3, -0.25) is 0 Å². The molecule has 0 N–H and O–H groups in total. The minimum Gasteiger partial charge on any atom is -0.450 e. The molecule has 208 valence electrons. The number of halogens is 3. The predicted molar refractivity (Wildman–Crippen MR) is 133 cm³/mol. The average molecular weight is 546 g/mol. The summed E-state index contributed by atoms with van der Waals surface area (Å²) in [6.07, 6.45) is 0.385. The zero-order chi connectivity index (χ0) is 27.0. The maximum Gasteiger partial charge on any atom is 0.416 e. The zero-order valence-electron chi connectivity index (χ0n) is 21.8. The maximum atomic E-state index is 13.5. The van der Waals surface area contributed by atoms with E-state index in [1.807, 2.05) is 25.7 Å². The molecular formula is C26H38F3N3O4S. The molecule has 0 radical (unpaired) electrons. The van der Waals surface area contributed by atoms with Crippen LogP contribution < -0.4 is 0 Å². The highest BCUT2D eigenvalue weighted by Crippen LogP contribution is 2.39. The van der Waals surface area contributed by atoms with Crippen LogP contribution in [0.4, 0.5) is 18.0 Å². The van der Waals surface area contributed by atoms with Gasteiger partial charge < -0.3 is 14.5 Å². The Morgan fingerprint density at radius 1 is 1.03 bits per heavy atom. The molecule has 2 atom stereocenters. The van der Waals surface area contributed by atoms with Gasteiger partial charge in [0.05, 0.1) is 17.1 Å². The second-order valence-electron chi connectivity index (χ2n) is 10.9. The number of likely N-dealkylation sites (tertiary alicyclic amines) is 1. The molecule has 3 saturated heterocycles. The number of hydrogen-bond acceptors (Lipinski definition) is 5. The zero-order valence-corrected chi connectivity index (χ0v) is 22.6. The van der Waals surface area contributed by atoms with Gasteiger partial charge in [-0.05, 0) is 88.7 Å². The first-order chi connectivity index (χ1) is 17.4. The van der Waals surface area contributed by atoms with Crippen LogP contribution >= 0.6 is 0 Å². The Labute approximate surface area is 218 Å². The largest absolute Gasteiger partial charge is 0.450 e. The lowest BCUT2D eigenvalue weighted by Crippen LogP contribution is -2.55. The van der Waals surface area contributed by atoms with E-state index in [9.17, 15) is 26.4 Å². The second-order valence-corrected chi connectivity index (χ2v) is 12.8. The molecule has 0 aromatic heterocycles. The molecule has 1 aromatic carbocycles. The van der Waals surface area contributed by atoms with E-state index in [-0.39, 0.29) is 35.0 Å². The molecular weight excluding hydrogens is 507 g/mol. The number of carbonyl (C=O) groups excluding carboxylic acids is 1. The van der Waals surface area contributed by atoms with Crippen molar-refractivity contribution in [2.24, 2.45) is 5.92 Å². The summed E-state index contributed by atoms with van der Waals surface area (Å²) in [4.78, 5) is 16.7. The molecule has 2 bridgehead atoms. The van der Waals surface area contributed by atoms with Crippen molar-refractivity contribution in [3.05, 3.63) is 29.8 Å². The minimum atomic E-state index is -4.52. The van der Waals surface area contributed by atoms with Crippen molar-refractivity contribution >= 4 is 16.1 Å². The van der Waals surface area contributed by atoms with E-state index in [2.05, 4.69) is 4.90 Å². The molecule has 3 fully saturated rings. The summed E-state index contributed by atoms with van der Waals surface area (Å²) < 4.78 is 72.8. The molecule has 0 spiro atoms. The van der Waals surface area contributed by atoms with Gasteiger partial charge in [-0.1, -0.05) is 13.8 Å². The Balaban J connectivity index is 1.42. The van der Waals surface area contributed by atoms with Crippen LogP contribution in [0.15, 0.2) is 29.2 Å². The van der Waals surface area contributed by atoms with Crippen molar-refractivity contribution in [3.63, 3.8) is 0 Å². The number of rotatable bonds is 7. The monoisotopic (exact) mass is 545 g/mol. The third-order valence-electron chi connectivity index (χ3n) is 7.94. The van der Waals surface area contributed by atoms with Gasteiger partial charge in [0, 0.05) is 30.7 Å². The fraction of sp³-hybridized carbons (Fsp3) is 0.731. The van der Waals surface area contributed by atoms with E-state index in [1.165, 1.54) is 4.31 Å². The highest BCUT2D eigenvalue weighted by molar-refractivity contribution is 7.89. The van der Waals surface area contributed by atoms with Gasteiger partial charge >= 0.3 is 12.3 Å². The topological polar surface area (TPSA) is 70.2 Å². The Morgan fingerprint density at radius 2 is 1.59 bits per heavy atom. The van der Waals surface area contributed by atoms with Crippen molar-refractivity contribution in [1.29, 1.82) is 0 Å². The van der Waals surface area contributed by atoms with Crippen LogP contribution in [0.1, 0.15) is 64.9 Å². The van der Waals surface area contributed by atoms with E-state index in [4.69, 9.17) is 4.74 Å². The van der Waals surface area contributed by atoms with E-state index in [0.29, 0.717) is 32.0 Å². The van der Waals surface area contributed by atoms with Crippen molar-refractivity contribution in [3.8, 4) is 0 Å². The molecule has 3 heterocycles. The lowest BCUT2D eigenvalue weighted by molar-refractivity contribution is -0.137. The first-order valence-electron chi connectivity index (χ1n) is 13.3. The number of carbonyl (C=O) groups is 1. The molecule has 4 rings (SSSR count). The third kappa shape index (κ3) is 6.09. The van der Waals surface area contributed by atoms with Crippen molar-refractivity contribution in [1.82, 2.24) is 14.1 Å². The molecule has 37 heavy (non-hydrogen) atoms. The normalized spacial score (nSPS) is 25.7. The van der Waals surface area contributed by atoms with Crippen molar-refractivity contribution in [2.45, 2.75) is 94.5 Å². The average Bonchev–Trinajstić information content (AvgIpc) is 3.11. The van der Waals surface area contributed by atoms with Crippen LogP contribution in [-0.2, 0) is 20.9 Å². The van der Waals surface area contributed by atoms with Crippen LogP contribution in [0.2, 0.25) is 0 Å². The Morgan fingerprint density at radius 3 is 2.08 bits per heavy atom. The van der Waals surface area contributed by atoms with Crippen LogP contribution in [0, 0.1) is 5.92 Å². The minimum absolute atomic E-state index is 0.0741. The number of sulfonamides is 1. The second kappa shape index (κ2) is 11.1. The number of amides is 1. The van der Waals surface area contributed by atoms with Crippen LogP contribution in [-0.4, -0.2) is 79.0 Å². The summed E-state index contributed by atoms with van der Waals surface area (Å²) in [7, 11) is -3.94. The number of piperidine rings is 2. The number of alkyl halides is 3. The summed E-state index contributed by atoms with van der Waals surface area (Å²) in [6, 6.07) is 4.33. The van der Waals surface area contributed by atoms with Gasteiger partial charge in [-0.25, -0.2) is 13.2 Å². The van der Waals surface area contributed by atoms with Gasteiger partial charge in [0.1, 0.15) is 0 Å². The Kier molecular flexibility index (Phi) is 8.45. The highest BCUT2D eigenvalue weighted by atomic mass is 32.2. The van der Waals surface area contributed by atoms with Crippen molar-refractivity contribution < 1.29 is 31.1 Å². The molecule has 1 amide bonds. The van der Waals surface area contributed by atoms with E-state index in [0.717, 1.165) is 63.0 Å². The van der Waals surface area contributed by atoms with Gasteiger partial charge in [-0.15, -0.1) is 0 Å². The highest BCUT2D eigenvalue weighted by Gasteiger charge is 2.46. The summed E-state index contributed by atoms with van der Waals surface area (Å²) in [5, 5.41) is 0. The molecule has 3 aliphatic rings. The lowest BCUT2D eigenvalue weighted by atomic mass is 9.93. The van der Waals surface area contributed by atoms with Crippen LogP contribution in [0.25, 0.3) is 0 Å². The van der Waals surface area contributed by atoms with E-state index >= 15 is 0 Å². The fourth-order valence-corrected chi connectivity index (χ4v) is 8.08. The number of fused-ring (bicyclic) bond motifs is 2. The van der Waals surface area contributed by atoms with Gasteiger partial charge in [0.15, 0.2) is 0 Å². The summed E-state index contributed by atoms with van der Waals surface area (Å²) >= 11 is 0. The molecule has 1 aromatic rings. The molecule has 7 nitrogen and oxygen atoms in total. The Hall–Kier alpha value is -1.85. The summed E-state index contributed by atoms with van der Waals surface area (Å²) in [5.41, 5.74) is -0.863. The number of hydrogen-bond donors (Lipinski definition) is 0. The van der Waals surface area contributed by atoms with Crippen molar-refractivity contribution in [2.75, 3.05) is 26.2 Å². The number of ether oxygens (including phenoxy) is 1. The fourth-order valence-electron chi connectivity index (χ4n) is 6.24.